The van der Waals surface area contributed by atoms with E-state index in [1.807, 2.05) is 0 Å². The predicted octanol–water partition coefficient (Wildman–Crippen LogP) is 1.93. The molecule has 0 saturated carbocycles. The summed E-state index contributed by atoms with van der Waals surface area (Å²) in [7, 11) is 0. The van der Waals surface area contributed by atoms with Crippen molar-refractivity contribution in [1.29, 1.82) is 0 Å². The minimum absolute atomic E-state index is 0.375. The number of fused-ring (bicyclic) bond motifs is 1. The van der Waals surface area contributed by atoms with E-state index in [0.717, 1.165) is 19.4 Å². The molecule has 1 heterocycles. The van der Waals surface area contributed by atoms with Crippen molar-refractivity contribution >= 4 is 0 Å². The third kappa shape index (κ3) is 1.87. The van der Waals surface area contributed by atoms with Gasteiger partial charge in [-0.2, -0.15) is 0 Å². The van der Waals surface area contributed by atoms with Crippen molar-refractivity contribution in [2.45, 2.75) is 44.2 Å². The maximum Gasteiger partial charge on any atom is 0.0335 e. The number of benzene rings is 1. The molecule has 2 nitrogen and oxygen atoms in total. The van der Waals surface area contributed by atoms with Crippen LogP contribution in [0.2, 0.25) is 0 Å². The van der Waals surface area contributed by atoms with E-state index in [2.05, 4.69) is 23.5 Å². The average molecular weight is 216 g/mol. The van der Waals surface area contributed by atoms with Gasteiger partial charge in [-0.1, -0.05) is 18.2 Å². The van der Waals surface area contributed by atoms with Crippen molar-refractivity contribution in [3.63, 3.8) is 0 Å². The van der Waals surface area contributed by atoms with E-state index in [4.69, 9.17) is 5.73 Å². The van der Waals surface area contributed by atoms with Crippen LogP contribution in [0.1, 0.15) is 42.0 Å². The Labute approximate surface area is 97.2 Å². The largest absolute Gasteiger partial charge is 0.328 e. The maximum atomic E-state index is 6.04. The molecule has 0 amide bonds. The van der Waals surface area contributed by atoms with E-state index in [-0.39, 0.29) is 0 Å². The fraction of sp³-hybridized carbons (Fsp3) is 0.571. The van der Waals surface area contributed by atoms with Crippen LogP contribution in [0.5, 0.6) is 0 Å². The van der Waals surface area contributed by atoms with Crippen LogP contribution in [-0.2, 0) is 12.8 Å². The van der Waals surface area contributed by atoms with Crippen LogP contribution in [0.4, 0.5) is 0 Å². The third-order valence-corrected chi connectivity index (χ3v) is 3.97. The van der Waals surface area contributed by atoms with E-state index in [1.165, 1.54) is 24.8 Å². The fourth-order valence-corrected chi connectivity index (χ4v) is 3.01. The second-order valence-corrected chi connectivity index (χ2v) is 5.17. The first-order valence-corrected chi connectivity index (χ1v) is 6.43. The molecule has 2 heteroatoms. The molecule has 2 unspecified atom stereocenters. The van der Waals surface area contributed by atoms with Crippen LogP contribution in [0.3, 0.4) is 0 Å². The second-order valence-electron chi connectivity index (χ2n) is 5.17. The first kappa shape index (κ1) is 10.3. The van der Waals surface area contributed by atoms with Crippen molar-refractivity contribution in [1.82, 2.24) is 5.32 Å². The Morgan fingerprint density at radius 2 is 2.06 bits per heavy atom. The molecule has 86 valence electrons. The average Bonchev–Trinajstić information content (AvgIpc) is 2.75. The number of piperidine rings is 1. The number of nitrogens with one attached hydrogen (secondary N) is 1. The Bertz CT molecular complexity index is 386. The molecular weight excluding hydrogens is 196 g/mol. The summed E-state index contributed by atoms with van der Waals surface area (Å²) in [6.07, 6.45) is 6.06. The quantitative estimate of drug-likeness (QED) is 0.752. The van der Waals surface area contributed by atoms with E-state index >= 15 is 0 Å². The molecule has 0 bridgehead atoms. The highest BCUT2D eigenvalue weighted by Gasteiger charge is 2.21. The Morgan fingerprint density at radius 3 is 2.94 bits per heavy atom. The number of rotatable bonds is 1. The van der Waals surface area contributed by atoms with Crippen LogP contribution < -0.4 is 11.1 Å². The molecule has 1 aliphatic heterocycles. The minimum atomic E-state index is 0.375. The van der Waals surface area contributed by atoms with Gasteiger partial charge in [0, 0.05) is 12.1 Å². The highest BCUT2D eigenvalue weighted by atomic mass is 14.9. The van der Waals surface area contributed by atoms with Crippen molar-refractivity contribution in [3.8, 4) is 0 Å². The molecule has 1 aromatic carbocycles. The molecule has 0 radical (unpaired) electrons. The summed E-state index contributed by atoms with van der Waals surface area (Å²) < 4.78 is 0. The smallest absolute Gasteiger partial charge is 0.0335 e. The maximum absolute atomic E-state index is 6.04. The summed E-state index contributed by atoms with van der Waals surface area (Å²) in [6.45, 7) is 1.06. The number of hydrogen-bond acceptors (Lipinski definition) is 2. The number of hydrogen-bond donors (Lipinski definition) is 2. The highest BCUT2D eigenvalue weighted by Crippen LogP contribution is 2.28. The zero-order valence-electron chi connectivity index (χ0n) is 9.71. The van der Waals surface area contributed by atoms with Gasteiger partial charge in [0.15, 0.2) is 0 Å². The van der Waals surface area contributed by atoms with E-state index in [0.29, 0.717) is 12.1 Å². The monoisotopic (exact) mass is 216 g/mol. The van der Waals surface area contributed by atoms with Gasteiger partial charge in [-0.15, -0.1) is 0 Å². The Kier molecular flexibility index (Phi) is 2.70. The summed E-state index contributed by atoms with van der Waals surface area (Å²) in [6, 6.07) is 7.87. The number of aryl methyl sites for hydroxylation is 2. The van der Waals surface area contributed by atoms with Crippen molar-refractivity contribution in [2.24, 2.45) is 5.73 Å². The topological polar surface area (TPSA) is 38.0 Å². The molecule has 2 atom stereocenters. The van der Waals surface area contributed by atoms with Gasteiger partial charge in [-0.25, -0.2) is 0 Å². The first-order chi connectivity index (χ1) is 7.83. The Hall–Kier alpha value is -0.860. The van der Waals surface area contributed by atoms with Gasteiger partial charge < -0.3 is 11.1 Å². The van der Waals surface area contributed by atoms with Gasteiger partial charge in [0.25, 0.3) is 0 Å². The van der Waals surface area contributed by atoms with E-state index in [1.54, 1.807) is 11.1 Å². The first-order valence-electron chi connectivity index (χ1n) is 6.43. The molecule has 0 aromatic heterocycles. The van der Waals surface area contributed by atoms with Crippen LogP contribution in [-0.4, -0.2) is 12.6 Å². The van der Waals surface area contributed by atoms with Gasteiger partial charge in [-0.05, 0) is 55.3 Å². The van der Waals surface area contributed by atoms with E-state index < -0.39 is 0 Å². The van der Waals surface area contributed by atoms with Crippen LogP contribution >= 0.6 is 0 Å². The molecular formula is C14H20N2. The summed E-state index contributed by atoms with van der Waals surface area (Å²) >= 11 is 0. The molecule has 1 aliphatic carbocycles. The van der Waals surface area contributed by atoms with Gasteiger partial charge >= 0.3 is 0 Å². The van der Waals surface area contributed by atoms with Crippen molar-refractivity contribution < 1.29 is 0 Å². The SMILES string of the molecule is NC1CCNC(c2ccc3c(c2)CCC3)C1. The summed E-state index contributed by atoms with van der Waals surface area (Å²) in [4.78, 5) is 0. The lowest BCUT2D eigenvalue weighted by Crippen LogP contribution is -2.38. The minimum Gasteiger partial charge on any atom is -0.328 e. The normalized spacial score (nSPS) is 29.1. The standard InChI is InChI=1S/C14H20N2/c15-13-6-7-16-14(9-13)12-5-4-10-2-1-3-11(10)8-12/h4-5,8,13-14,16H,1-3,6-7,9,15H2. The zero-order chi connectivity index (χ0) is 11.0. The molecule has 2 aliphatic rings. The molecule has 3 N–H and O–H groups in total. The van der Waals surface area contributed by atoms with Crippen LogP contribution in [0.25, 0.3) is 0 Å². The predicted molar refractivity (Wildman–Crippen MR) is 66.4 cm³/mol. The van der Waals surface area contributed by atoms with E-state index in [9.17, 15) is 0 Å². The second kappa shape index (κ2) is 4.19. The fourth-order valence-electron chi connectivity index (χ4n) is 3.01. The van der Waals surface area contributed by atoms with Crippen molar-refractivity contribution in [2.75, 3.05) is 6.54 Å². The zero-order valence-corrected chi connectivity index (χ0v) is 9.71. The lowest BCUT2D eigenvalue weighted by molar-refractivity contribution is 0.369. The van der Waals surface area contributed by atoms with Gasteiger partial charge in [-0.3, -0.25) is 0 Å². The van der Waals surface area contributed by atoms with Crippen LogP contribution in [0, 0.1) is 0 Å². The van der Waals surface area contributed by atoms with Crippen LogP contribution in [0.15, 0.2) is 18.2 Å². The summed E-state index contributed by atoms with van der Waals surface area (Å²) in [5.41, 5.74) is 10.6. The Morgan fingerprint density at radius 1 is 1.19 bits per heavy atom. The third-order valence-electron chi connectivity index (χ3n) is 3.97. The lowest BCUT2D eigenvalue weighted by Gasteiger charge is -2.28. The summed E-state index contributed by atoms with van der Waals surface area (Å²) in [5.74, 6) is 0. The molecule has 1 aromatic rings. The molecule has 3 rings (SSSR count). The van der Waals surface area contributed by atoms with Gasteiger partial charge in [0.1, 0.15) is 0 Å². The molecule has 1 fully saturated rings. The summed E-state index contributed by atoms with van der Waals surface area (Å²) in [5, 5.41) is 3.58. The van der Waals surface area contributed by atoms with Gasteiger partial charge in [0.2, 0.25) is 0 Å². The number of nitrogens with two attached hydrogens (primary N) is 1. The molecule has 1 saturated heterocycles. The van der Waals surface area contributed by atoms with Crippen molar-refractivity contribution in [3.05, 3.63) is 34.9 Å². The van der Waals surface area contributed by atoms with Gasteiger partial charge in [0.05, 0.1) is 0 Å². The highest BCUT2D eigenvalue weighted by molar-refractivity contribution is 5.36. The molecule has 16 heavy (non-hydrogen) atoms. The molecule has 0 spiro atoms. The lowest BCUT2D eigenvalue weighted by atomic mass is 9.92. The Balaban J connectivity index is 1.83.